The maximum atomic E-state index is 2.65. The van der Waals surface area contributed by atoms with Crippen molar-refractivity contribution in [2.45, 2.75) is 41.1 Å². The maximum absolute atomic E-state index is 2.65. The first-order valence-corrected chi connectivity index (χ1v) is 20.8. The first-order chi connectivity index (χ1) is 14.0. The fraction of sp³-hybridized carbons (Fsp3) is 0.259. The molecule has 3 aromatic rings. The molecule has 0 fully saturated rings. The molecule has 2 aliphatic carbocycles. The van der Waals surface area contributed by atoms with Crippen LogP contribution in [0.25, 0.3) is 17.2 Å². The van der Waals surface area contributed by atoms with Crippen molar-refractivity contribution in [2.75, 3.05) is 0 Å². The molecule has 0 spiro atoms. The van der Waals surface area contributed by atoms with Crippen LogP contribution in [0.15, 0.2) is 66.2 Å². The Bertz CT molecular complexity index is 1110. The molecular weight excluding hydrogens is 515 g/mol. The average molecular weight is 544 g/mol. The van der Waals surface area contributed by atoms with Crippen LogP contribution in [0.3, 0.4) is 0 Å². The van der Waals surface area contributed by atoms with Gasteiger partial charge in [-0.3, -0.25) is 0 Å². The monoisotopic (exact) mass is 541 g/mol. The van der Waals surface area contributed by atoms with E-state index in [2.05, 4.69) is 101 Å². The van der Waals surface area contributed by atoms with Crippen LogP contribution in [0.5, 0.6) is 0 Å². The number of fused-ring (bicyclic) bond motifs is 4. The third-order valence-corrected chi connectivity index (χ3v) is 28.8. The Morgan fingerprint density at radius 3 is 1.74 bits per heavy atom. The van der Waals surface area contributed by atoms with Crippen LogP contribution in [-0.4, -0.2) is 5.92 Å². The zero-order chi connectivity index (χ0) is 20.3. The van der Waals surface area contributed by atoms with Crippen molar-refractivity contribution in [1.82, 2.24) is 0 Å². The SMILES string of the molecule is CC1=Cc2c(C)ccc(C)c2[CH]1[Zr+2]([CH]1c2ccccc2-c2ccccc21)[SiH](C)C.[Cl-].[Cl-]. The molecule has 0 radical (unpaired) electrons. The van der Waals surface area contributed by atoms with Crippen molar-refractivity contribution in [3.05, 3.63) is 99.6 Å². The summed E-state index contributed by atoms with van der Waals surface area (Å²) in [6.07, 6.45) is 2.53. The molecule has 0 N–H and O–H groups in total. The molecule has 0 heterocycles. The topological polar surface area (TPSA) is 0 Å². The van der Waals surface area contributed by atoms with E-state index in [1.54, 1.807) is 27.8 Å². The van der Waals surface area contributed by atoms with Crippen molar-refractivity contribution < 1.29 is 45.7 Å². The minimum atomic E-state index is -1.92. The largest absolute Gasteiger partial charge is 1.00 e. The summed E-state index contributed by atoms with van der Waals surface area (Å²) >= 11 is -1.92. The van der Waals surface area contributed by atoms with Gasteiger partial charge in [-0.15, -0.1) is 0 Å². The van der Waals surface area contributed by atoms with Crippen molar-refractivity contribution in [2.24, 2.45) is 0 Å². The molecule has 4 heteroatoms. The number of hydrogen-bond donors (Lipinski definition) is 0. The van der Waals surface area contributed by atoms with Crippen LogP contribution < -0.4 is 24.8 Å². The summed E-state index contributed by atoms with van der Waals surface area (Å²) in [7, 11) is 0. The second-order valence-electron chi connectivity index (χ2n) is 9.11. The van der Waals surface area contributed by atoms with Crippen LogP contribution in [-0.2, 0) is 20.9 Å². The Morgan fingerprint density at radius 2 is 1.19 bits per heavy atom. The molecule has 31 heavy (non-hydrogen) atoms. The number of allylic oxidation sites excluding steroid dienone is 1. The van der Waals surface area contributed by atoms with Gasteiger partial charge in [0.05, 0.1) is 0 Å². The molecule has 2 aliphatic rings. The van der Waals surface area contributed by atoms with Gasteiger partial charge in [-0.05, 0) is 0 Å². The average Bonchev–Trinajstić information content (AvgIpc) is 3.23. The summed E-state index contributed by atoms with van der Waals surface area (Å²) in [6, 6.07) is 23.2. The van der Waals surface area contributed by atoms with Gasteiger partial charge in [0.15, 0.2) is 0 Å². The maximum Gasteiger partial charge on any atom is -1.00 e. The van der Waals surface area contributed by atoms with E-state index in [1.807, 2.05) is 0 Å². The van der Waals surface area contributed by atoms with Gasteiger partial charge in [-0.25, -0.2) is 0 Å². The smallest absolute Gasteiger partial charge is 1.00 e. The van der Waals surface area contributed by atoms with E-state index in [0.29, 0.717) is 3.63 Å². The predicted octanol–water partition coefficient (Wildman–Crippen LogP) is 1.14. The molecule has 3 aromatic carbocycles. The van der Waals surface area contributed by atoms with Crippen LogP contribution in [0.1, 0.15) is 47.6 Å². The fourth-order valence-corrected chi connectivity index (χ4v) is 28.7. The minimum absolute atomic E-state index is 0. The molecule has 5 rings (SSSR count). The van der Waals surface area contributed by atoms with Crippen LogP contribution >= 0.6 is 0 Å². The molecule has 0 saturated carbocycles. The molecular formula is C27H29Cl2SiZr. The third kappa shape index (κ3) is 3.89. The minimum Gasteiger partial charge on any atom is -1.00 e. The molecule has 159 valence electrons. The molecule has 1 unspecified atom stereocenters. The van der Waals surface area contributed by atoms with Crippen molar-refractivity contribution in [3.8, 4) is 11.1 Å². The Balaban J connectivity index is 0.00000136. The van der Waals surface area contributed by atoms with Gasteiger partial charge in [0.2, 0.25) is 0 Å². The summed E-state index contributed by atoms with van der Waals surface area (Å²) < 4.78 is 1.44. The van der Waals surface area contributed by atoms with Crippen LogP contribution in [0.4, 0.5) is 0 Å². The summed E-state index contributed by atoms with van der Waals surface area (Å²) in [4.78, 5) is 0. The van der Waals surface area contributed by atoms with Gasteiger partial charge in [-0.1, -0.05) is 0 Å². The fourth-order valence-electron chi connectivity index (χ4n) is 5.75. The second kappa shape index (κ2) is 9.52. The first kappa shape index (κ1) is 24.7. The number of rotatable bonds is 3. The van der Waals surface area contributed by atoms with Gasteiger partial charge < -0.3 is 24.8 Å². The van der Waals surface area contributed by atoms with E-state index in [0.717, 1.165) is 3.63 Å². The Morgan fingerprint density at radius 1 is 0.677 bits per heavy atom. The number of aryl methyl sites for hydroxylation is 2. The normalized spacial score (nSPS) is 16.1. The number of halogens is 2. The molecule has 0 saturated heterocycles. The van der Waals surface area contributed by atoms with E-state index in [4.69, 9.17) is 0 Å². The first-order valence-electron chi connectivity index (χ1n) is 10.8. The van der Waals surface area contributed by atoms with Crippen molar-refractivity contribution in [1.29, 1.82) is 0 Å². The second-order valence-corrected chi connectivity index (χ2v) is 29.2. The predicted molar refractivity (Wildman–Crippen MR) is 125 cm³/mol. The zero-order valence-electron chi connectivity index (χ0n) is 18.8. The van der Waals surface area contributed by atoms with Gasteiger partial charge in [0, 0.05) is 0 Å². The standard InChI is InChI=1S/C13H9.C12H13.C2H7Si.2ClH.Zr/c1-3-7-12-10(5-1)9-11-6-2-4-8-13(11)12;1-8-6-11-9(2)4-5-10(3)12(11)7-8;1-3-2;;;/h1-9H;4-7H,1-3H3;3H,1-2H3;2*1H;/q;;;;;+2/p-2. The quantitative estimate of drug-likeness (QED) is 0.435. The summed E-state index contributed by atoms with van der Waals surface area (Å²) in [5, 5.41) is 0. The van der Waals surface area contributed by atoms with Crippen LogP contribution in [0.2, 0.25) is 13.1 Å². The van der Waals surface area contributed by atoms with Gasteiger partial charge in [0.25, 0.3) is 0 Å². The third-order valence-electron chi connectivity index (χ3n) is 7.01. The molecule has 0 aliphatic heterocycles. The molecule has 0 amide bonds. The summed E-state index contributed by atoms with van der Waals surface area (Å²) in [5.41, 5.74) is 14.1. The molecule has 0 bridgehead atoms. The van der Waals surface area contributed by atoms with Crippen molar-refractivity contribution >= 4 is 12.0 Å². The zero-order valence-corrected chi connectivity index (χ0v) is 24.0. The van der Waals surface area contributed by atoms with Crippen molar-refractivity contribution in [3.63, 3.8) is 0 Å². The van der Waals surface area contributed by atoms with Gasteiger partial charge in [0.1, 0.15) is 0 Å². The Kier molecular flexibility index (Phi) is 7.59. The Labute approximate surface area is 208 Å². The van der Waals surface area contributed by atoms with E-state index in [1.165, 1.54) is 22.3 Å². The van der Waals surface area contributed by atoms with Gasteiger partial charge in [-0.2, -0.15) is 0 Å². The van der Waals surface area contributed by atoms with Gasteiger partial charge >= 0.3 is 185 Å². The Hall–Kier alpha value is -0.920. The van der Waals surface area contributed by atoms with E-state index in [9.17, 15) is 0 Å². The number of hydrogen-bond acceptors (Lipinski definition) is 0. The molecule has 1 atom stereocenters. The molecule has 0 nitrogen and oxygen atoms in total. The summed E-state index contributed by atoms with van der Waals surface area (Å²) in [6.45, 7) is 12.4. The van der Waals surface area contributed by atoms with Crippen LogP contribution in [0, 0.1) is 13.8 Å². The summed E-state index contributed by atoms with van der Waals surface area (Å²) in [5.74, 6) is -0.787. The van der Waals surface area contributed by atoms with E-state index < -0.39 is 26.8 Å². The van der Waals surface area contributed by atoms with E-state index >= 15 is 0 Å². The number of benzene rings is 3. The van der Waals surface area contributed by atoms with E-state index in [-0.39, 0.29) is 24.8 Å². The molecule has 0 aromatic heterocycles.